The lowest BCUT2D eigenvalue weighted by molar-refractivity contribution is -0.130. The molecule has 2 saturated carbocycles. The Morgan fingerprint density at radius 3 is 2.50 bits per heavy atom. The van der Waals surface area contributed by atoms with Crippen LogP contribution in [-0.4, -0.2) is 49.0 Å². The van der Waals surface area contributed by atoms with Crippen molar-refractivity contribution in [2.24, 2.45) is 17.8 Å². The predicted molar refractivity (Wildman–Crippen MR) is 116 cm³/mol. The lowest BCUT2D eigenvalue weighted by atomic mass is 10.1. The predicted octanol–water partition coefficient (Wildman–Crippen LogP) is 4.71. The van der Waals surface area contributed by atoms with Gasteiger partial charge in [-0.25, -0.2) is 8.78 Å². The second-order valence-corrected chi connectivity index (χ2v) is 10.1. The van der Waals surface area contributed by atoms with Crippen LogP contribution in [0.25, 0.3) is 0 Å². The molecular weight excluding hydrogens is 489 g/mol. The van der Waals surface area contributed by atoms with Crippen LogP contribution in [0.3, 0.4) is 0 Å². The third kappa shape index (κ3) is 4.62. The summed E-state index contributed by atoms with van der Waals surface area (Å²) < 4.78 is 85.2. The van der Waals surface area contributed by atoms with Crippen LogP contribution >= 0.6 is 0 Å². The van der Waals surface area contributed by atoms with E-state index in [4.69, 9.17) is 13.9 Å². The maximum Gasteiger partial charge on any atom is 0.396 e. The number of carbonyl (C=O) groups is 1. The molecule has 1 amide bonds. The van der Waals surface area contributed by atoms with Gasteiger partial charge in [0.15, 0.2) is 23.1 Å². The number of ether oxygens (including phenoxy) is 2. The van der Waals surface area contributed by atoms with Crippen LogP contribution in [0.15, 0.2) is 16.5 Å². The van der Waals surface area contributed by atoms with E-state index in [0.29, 0.717) is 31.5 Å². The van der Waals surface area contributed by atoms with Crippen LogP contribution in [0, 0.1) is 29.4 Å². The van der Waals surface area contributed by atoms with E-state index >= 15 is 0 Å². The Bertz CT molecular complexity index is 1140. The second kappa shape index (κ2) is 8.60. The first kappa shape index (κ1) is 23.5. The highest BCUT2D eigenvalue weighted by Crippen LogP contribution is 2.52. The Hall–Kier alpha value is -2.89. The largest absolute Gasteiger partial charge is 0.484 e. The van der Waals surface area contributed by atoms with Gasteiger partial charge < -0.3 is 24.1 Å². The number of hydrogen-bond donors (Lipinski definition) is 1. The Morgan fingerprint density at radius 2 is 1.83 bits per heavy atom. The molecule has 2 aromatic rings. The summed E-state index contributed by atoms with van der Waals surface area (Å²) in [6, 6.07) is 1.62. The first-order valence-electron chi connectivity index (χ1n) is 12.0. The molecule has 7 nitrogen and oxygen atoms in total. The van der Waals surface area contributed by atoms with Gasteiger partial charge in [0.25, 0.3) is 11.9 Å². The second-order valence-electron chi connectivity index (χ2n) is 10.1. The van der Waals surface area contributed by atoms with E-state index in [2.05, 4.69) is 10.3 Å². The summed E-state index contributed by atoms with van der Waals surface area (Å²) in [4.78, 5) is 18.5. The van der Waals surface area contributed by atoms with Crippen molar-refractivity contribution in [2.45, 2.75) is 50.5 Å². The molecule has 2 aliphatic carbocycles. The van der Waals surface area contributed by atoms with Crippen LogP contribution in [0.2, 0.25) is 0 Å². The normalized spacial score (nSPS) is 28.8. The fourth-order valence-electron chi connectivity index (χ4n) is 5.65. The number of rotatable bonds is 6. The summed E-state index contributed by atoms with van der Waals surface area (Å²) in [7, 11) is 0. The molecule has 1 aromatic heterocycles. The van der Waals surface area contributed by atoms with E-state index in [1.54, 1.807) is 4.90 Å². The zero-order valence-electron chi connectivity index (χ0n) is 19.1. The molecule has 2 aliphatic heterocycles. The van der Waals surface area contributed by atoms with Crippen molar-refractivity contribution in [2.75, 3.05) is 29.9 Å². The van der Waals surface area contributed by atoms with Gasteiger partial charge in [-0.15, -0.1) is 0 Å². The van der Waals surface area contributed by atoms with Crippen molar-refractivity contribution in [3.8, 4) is 5.75 Å². The number of halogens is 5. The third-order valence-corrected chi connectivity index (χ3v) is 7.48. The summed E-state index contributed by atoms with van der Waals surface area (Å²) >= 11 is 0. The summed E-state index contributed by atoms with van der Waals surface area (Å²) in [5.41, 5.74) is -0.866. The first-order chi connectivity index (χ1) is 17.1. The van der Waals surface area contributed by atoms with Crippen LogP contribution in [0.5, 0.6) is 5.75 Å². The Labute approximate surface area is 202 Å². The number of amides is 1. The molecule has 4 aliphatic rings. The number of alkyl halides is 3. The van der Waals surface area contributed by atoms with E-state index in [9.17, 15) is 26.7 Å². The van der Waals surface area contributed by atoms with Crippen LogP contribution in [0.4, 0.5) is 33.7 Å². The van der Waals surface area contributed by atoms with Gasteiger partial charge in [0.05, 0.1) is 12.2 Å². The van der Waals surface area contributed by atoms with Crippen molar-refractivity contribution in [1.29, 1.82) is 0 Å². The van der Waals surface area contributed by atoms with Crippen molar-refractivity contribution >= 4 is 17.6 Å². The Balaban J connectivity index is 1.20. The molecule has 36 heavy (non-hydrogen) atoms. The minimum Gasteiger partial charge on any atom is -0.484 e. The monoisotopic (exact) mass is 513 g/mol. The van der Waals surface area contributed by atoms with Crippen LogP contribution in [0.1, 0.15) is 41.9 Å². The van der Waals surface area contributed by atoms with Crippen molar-refractivity contribution in [1.82, 2.24) is 4.98 Å². The minimum atomic E-state index is -4.66. The van der Waals surface area contributed by atoms with E-state index in [0.717, 1.165) is 37.8 Å². The number of nitrogens with zero attached hydrogens (tertiary/aromatic N) is 2. The lowest BCUT2D eigenvalue weighted by Crippen LogP contribution is -2.23. The highest BCUT2D eigenvalue weighted by molar-refractivity contribution is 6.03. The highest BCUT2D eigenvalue weighted by Gasteiger charge is 2.47. The quantitative estimate of drug-likeness (QED) is 0.564. The van der Waals surface area contributed by atoms with Crippen molar-refractivity contribution in [3.05, 3.63) is 35.2 Å². The molecule has 1 N–H and O–H groups in total. The van der Waals surface area contributed by atoms with Crippen molar-refractivity contribution < 1.29 is 40.6 Å². The summed E-state index contributed by atoms with van der Waals surface area (Å²) in [6.07, 6.45) is -3.04. The van der Waals surface area contributed by atoms with Crippen LogP contribution < -0.4 is 15.0 Å². The molecule has 12 heteroatoms. The smallest absolute Gasteiger partial charge is 0.396 e. The van der Waals surface area contributed by atoms with Gasteiger partial charge in [-0.05, 0) is 37.5 Å². The van der Waals surface area contributed by atoms with E-state index in [1.165, 1.54) is 0 Å². The van der Waals surface area contributed by atoms with E-state index in [1.807, 2.05) is 0 Å². The molecular formula is C24H24F5N3O4. The van der Waals surface area contributed by atoms with Crippen LogP contribution in [-0.2, 0) is 11.2 Å². The fourth-order valence-corrected chi connectivity index (χ4v) is 5.65. The third-order valence-electron chi connectivity index (χ3n) is 7.48. The Kier molecular flexibility index (Phi) is 5.62. The topological polar surface area (TPSA) is 76.8 Å². The number of fused-ring (bicyclic) bond motifs is 2. The summed E-state index contributed by atoms with van der Waals surface area (Å²) in [6.45, 7) is 1.50. The number of nitrogens with one attached hydrogen (secondary N) is 1. The van der Waals surface area contributed by atoms with E-state index < -0.39 is 47.3 Å². The molecule has 2 saturated heterocycles. The molecule has 4 fully saturated rings. The maximum absolute atomic E-state index is 14.6. The molecule has 194 valence electrons. The number of hydrogen-bond acceptors (Lipinski definition) is 6. The maximum atomic E-state index is 14.6. The van der Waals surface area contributed by atoms with Gasteiger partial charge in [-0.3, -0.25) is 4.79 Å². The molecule has 2 unspecified atom stereocenters. The SMILES string of the molecule is O=C(Nc1cc(F)c(OC2CC3C[C@H]3C2)c(F)c1)c1nc(N2C[C@H]3CCO[C@H]3C2)oc1CC(F)(F)F. The molecule has 0 radical (unpaired) electrons. The zero-order valence-corrected chi connectivity index (χ0v) is 19.1. The number of carbonyl (C=O) groups excluding carboxylic acids is 1. The van der Waals surface area contributed by atoms with Gasteiger partial charge in [0.2, 0.25) is 0 Å². The molecule has 0 spiro atoms. The number of aromatic nitrogens is 1. The standard InChI is InChI=1S/C24H24F5N3O4/c25-16-6-14(7-17(26)21(16)35-15-4-12-3-13(12)5-15)30-22(33)20-18(8-24(27,28)29)36-23(31-20)32-9-11-1-2-34-19(11)10-32/h6-7,11-13,15,19H,1-5,8-10H2,(H,30,33)/t11-,12+,13?,15?,19+/m1/s1. The fraction of sp³-hybridized carbons (Fsp3) is 0.583. The minimum absolute atomic E-state index is 0.0676. The van der Waals surface area contributed by atoms with Crippen molar-refractivity contribution in [3.63, 3.8) is 0 Å². The van der Waals surface area contributed by atoms with Gasteiger partial charge in [-0.1, -0.05) is 0 Å². The van der Waals surface area contributed by atoms with Gasteiger partial charge in [0.1, 0.15) is 12.2 Å². The number of benzene rings is 1. The Morgan fingerprint density at radius 1 is 1.11 bits per heavy atom. The average molecular weight is 513 g/mol. The van der Waals surface area contributed by atoms with Gasteiger partial charge in [0, 0.05) is 43.4 Å². The lowest BCUT2D eigenvalue weighted by Gasteiger charge is -2.17. The molecule has 5 atom stereocenters. The van der Waals surface area contributed by atoms with Gasteiger partial charge >= 0.3 is 6.18 Å². The first-order valence-corrected chi connectivity index (χ1v) is 12.0. The molecule has 6 rings (SSSR count). The average Bonchev–Trinajstić information content (AvgIpc) is 3.22. The molecule has 0 bridgehead atoms. The molecule has 1 aromatic carbocycles. The summed E-state index contributed by atoms with van der Waals surface area (Å²) in [5.74, 6) is -2.95. The number of oxazole rings is 1. The zero-order chi connectivity index (χ0) is 25.2. The van der Waals surface area contributed by atoms with Gasteiger partial charge in [-0.2, -0.15) is 18.2 Å². The van der Waals surface area contributed by atoms with E-state index in [-0.39, 0.29) is 29.8 Å². The molecule has 3 heterocycles. The highest BCUT2D eigenvalue weighted by atomic mass is 19.4. The summed E-state index contributed by atoms with van der Waals surface area (Å²) in [5, 5.41) is 2.24. The number of anilines is 2.